The molecule has 0 spiro atoms. The van der Waals surface area contributed by atoms with E-state index in [4.69, 9.17) is 0 Å². The minimum atomic E-state index is -0.314. The second-order valence-electron chi connectivity index (χ2n) is 4.54. The number of hydrogen-bond donors (Lipinski definition) is 1. The van der Waals surface area contributed by atoms with Gasteiger partial charge in [-0.1, -0.05) is 48.6 Å². The molecule has 1 aliphatic carbocycles. The fourth-order valence-corrected chi connectivity index (χ4v) is 2.41. The molecule has 3 rings (SSSR count). The average Bonchev–Trinajstić information content (AvgIpc) is 2.75. The molecule has 0 unspecified atom stereocenters. The first-order valence-electron chi connectivity index (χ1n) is 6.30. The topological polar surface area (TPSA) is 46.2 Å². The van der Waals surface area contributed by atoms with Crippen molar-refractivity contribution in [3.05, 3.63) is 65.3 Å². The van der Waals surface area contributed by atoms with Crippen LogP contribution in [0.1, 0.15) is 18.4 Å². The van der Waals surface area contributed by atoms with Crippen molar-refractivity contribution >= 4 is 17.4 Å². The Morgan fingerprint density at radius 2 is 1.63 bits per heavy atom. The number of benzene rings is 1. The molecule has 3 nitrogen and oxygen atoms in total. The van der Waals surface area contributed by atoms with E-state index in [0.717, 1.165) is 24.0 Å². The van der Waals surface area contributed by atoms with E-state index in [1.54, 1.807) is 0 Å². The summed E-state index contributed by atoms with van der Waals surface area (Å²) in [5.41, 5.74) is 2.59. The highest BCUT2D eigenvalue weighted by Crippen LogP contribution is 2.30. The monoisotopic (exact) mass is 251 g/mol. The van der Waals surface area contributed by atoms with Gasteiger partial charge in [0, 0.05) is 0 Å². The number of amides is 2. The van der Waals surface area contributed by atoms with Crippen molar-refractivity contribution in [2.24, 2.45) is 0 Å². The summed E-state index contributed by atoms with van der Waals surface area (Å²) in [6.45, 7) is 0. The van der Waals surface area contributed by atoms with Crippen LogP contribution < -0.4 is 5.32 Å². The first kappa shape index (κ1) is 11.7. The molecular formula is C16H13NO2. The van der Waals surface area contributed by atoms with Gasteiger partial charge in [-0.05, 0) is 24.0 Å². The zero-order valence-corrected chi connectivity index (χ0v) is 10.3. The lowest BCUT2D eigenvalue weighted by Crippen LogP contribution is -2.23. The van der Waals surface area contributed by atoms with Crippen LogP contribution in [0.15, 0.2) is 59.7 Å². The van der Waals surface area contributed by atoms with E-state index < -0.39 is 0 Å². The van der Waals surface area contributed by atoms with Crippen LogP contribution in [0.2, 0.25) is 0 Å². The highest BCUT2D eigenvalue weighted by molar-refractivity contribution is 6.37. The van der Waals surface area contributed by atoms with Gasteiger partial charge in [0.25, 0.3) is 11.8 Å². The van der Waals surface area contributed by atoms with Crippen LogP contribution in [0.25, 0.3) is 5.57 Å². The lowest BCUT2D eigenvalue weighted by molar-refractivity contribution is -0.123. The van der Waals surface area contributed by atoms with Crippen molar-refractivity contribution in [2.75, 3.05) is 0 Å². The lowest BCUT2D eigenvalue weighted by atomic mass is 9.93. The van der Waals surface area contributed by atoms with Crippen LogP contribution in [0, 0.1) is 0 Å². The zero-order chi connectivity index (χ0) is 13.2. The molecule has 0 bridgehead atoms. The SMILES string of the molecule is O=C1NC(=O)C(c2ccccc2)=C1C1=CCCC=C1. The third kappa shape index (κ3) is 2.03. The second-order valence-corrected chi connectivity index (χ2v) is 4.54. The summed E-state index contributed by atoms with van der Waals surface area (Å²) >= 11 is 0. The highest BCUT2D eigenvalue weighted by Gasteiger charge is 2.32. The largest absolute Gasteiger partial charge is 0.288 e. The molecule has 1 aromatic carbocycles. The summed E-state index contributed by atoms with van der Waals surface area (Å²) in [6.07, 6.45) is 7.84. The third-order valence-electron chi connectivity index (χ3n) is 3.28. The minimum absolute atomic E-state index is 0.304. The van der Waals surface area contributed by atoms with Crippen LogP contribution in [-0.4, -0.2) is 11.8 Å². The molecule has 1 aromatic rings. The molecule has 19 heavy (non-hydrogen) atoms. The second kappa shape index (κ2) is 4.69. The molecule has 2 aliphatic rings. The number of allylic oxidation sites excluding steroid dienone is 3. The van der Waals surface area contributed by atoms with E-state index in [1.807, 2.05) is 48.6 Å². The summed E-state index contributed by atoms with van der Waals surface area (Å²) in [4.78, 5) is 24.0. The number of hydrogen-bond acceptors (Lipinski definition) is 2. The van der Waals surface area contributed by atoms with Gasteiger partial charge in [-0.15, -0.1) is 0 Å². The quantitative estimate of drug-likeness (QED) is 0.820. The van der Waals surface area contributed by atoms with E-state index in [-0.39, 0.29) is 11.8 Å². The molecule has 0 saturated heterocycles. The Bertz CT molecular complexity index is 636. The van der Waals surface area contributed by atoms with Gasteiger partial charge in [-0.25, -0.2) is 0 Å². The predicted octanol–water partition coefficient (Wildman–Crippen LogP) is 2.37. The summed E-state index contributed by atoms with van der Waals surface area (Å²) < 4.78 is 0. The Morgan fingerprint density at radius 3 is 2.32 bits per heavy atom. The maximum Gasteiger partial charge on any atom is 0.259 e. The minimum Gasteiger partial charge on any atom is -0.288 e. The van der Waals surface area contributed by atoms with E-state index in [2.05, 4.69) is 5.32 Å². The Balaban J connectivity index is 2.17. The first-order valence-corrected chi connectivity index (χ1v) is 6.30. The van der Waals surface area contributed by atoms with Crippen LogP contribution in [0.3, 0.4) is 0 Å². The van der Waals surface area contributed by atoms with Gasteiger partial charge in [-0.3, -0.25) is 14.9 Å². The van der Waals surface area contributed by atoms with E-state index in [9.17, 15) is 9.59 Å². The number of imide groups is 1. The number of nitrogens with one attached hydrogen (secondary N) is 1. The predicted molar refractivity (Wildman–Crippen MR) is 73.0 cm³/mol. The van der Waals surface area contributed by atoms with Crippen molar-refractivity contribution < 1.29 is 9.59 Å². The average molecular weight is 251 g/mol. The summed E-state index contributed by atoms with van der Waals surface area (Å²) in [5, 5.41) is 2.39. The van der Waals surface area contributed by atoms with Crippen LogP contribution in [0.4, 0.5) is 0 Å². The Kier molecular flexibility index (Phi) is 2.88. The van der Waals surface area contributed by atoms with E-state index in [1.165, 1.54) is 0 Å². The molecular weight excluding hydrogens is 238 g/mol. The van der Waals surface area contributed by atoms with Gasteiger partial charge >= 0.3 is 0 Å². The fraction of sp³-hybridized carbons (Fsp3) is 0.125. The Hall–Kier alpha value is -2.42. The highest BCUT2D eigenvalue weighted by atomic mass is 16.2. The molecule has 94 valence electrons. The zero-order valence-electron chi connectivity index (χ0n) is 10.3. The van der Waals surface area contributed by atoms with Crippen LogP contribution >= 0.6 is 0 Å². The third-order valence-corrected chi connectivity index (χ3v) is 3.28. The maximum atomic E-state index is 12.0. The summed E-state index contributed by atoms with van der Waals surface area (Å²) in [6, 6.07) is 9.31. The van der Waals surface area contributed by atoms with Gasteiger partial charge in [0.15, 0.2) is 0 Å². The first-order chi connectivity index (χ1) is 9.27. The molecule has 0 radical (unpaired) electrons. The van der Waals surface area contributed by atoms with Gasteiger partial charge in [0.1, 0.15) is 0 Å². The molecule has 1 aliphatic heterocycles. The summed E-state index contributed by atoms with van der Waals surface area (Å²) in [7, 11) is 0. The normalized spacial score (nSPS) is 18.6. The molecule has 0 atom stereocenters. The number of rotatable bonds is 2. The Labute approximate surface area is 111 Å². The smallest absolute Gasteiger partial charge is 0.259 e. The standard InChI is InChI=1S/C16H13NO2/c18-15-13(11-7-3-1-4-8-11)14(16(19)17-15)12-9-5-2-6-10-12/h1,3-5,7-10H,2,6H2,(H,17,18,19). The number of carbonyl (C=O) groups excluding carboxylic acids is 2. The summed E-state index contributed by atoms with van der Waals surface area (Å²) in [5.74, 6) is -0.618. The number of carbonyl (C=O) groups is 2. The van der Waals surface area contributed by atoms with Crippen molar-refractivity contribution in [3.8, 4) is 0 Å². The van der Waals surface area contributed by atoms with Gasteiger partial charge in [-0.2, -0.15) is 0 Å². The van der Waals surface area contributed by atoms with Crippen LogP contribution in [-0.2, 0) is 9.59 Å². The van der Waals surface area contributed by atoms with Crippen molar-refractivity contribution in [1.29, 1.82) is 0 Å². The van der Waals surface area contributed by atoms with Gasteiger partial charge in [0.2, 0.25) is 0 Å². The molecule has 1 heterocycles. The van der Waals surface area contributed by atoms with E-state index in [0.29, 0.717) is 11.1 Å². The molecule has 0 saturated carbocycles. The van der Waals surface area contributed by atoms with Crippen LogP contribution in [0.5, 0.6) is 0 Å². The molecule has 0 aromatic heterocycles. The molecule has 0 fully saturated rings. The molecule has 3 heteroatoms. The molecule has 2 amide bonds. The maximum absolute atomic E-state index is 12.0. The Morgan fingerprint density at radius 1 is 0.895 bits per heavy atom. The van der Waals surface area contributed by atoms with Crippen molar-refractivity contribution in [2.45, 2.75) is 12.8 Å². The fourth-order valence-electron chi connectivity index (χ4n) is 2.41. The van der Waals surface area contributed by atoms with Gasteiger partial charge < -0.3 is 0 Å². The van der Waals surface area contributed by atoms with Crippen molar-refractivity contribution in [1.82, 2.24) is 5.32 Å². The van der Waals surface area contributed by atoms with Crippen molar-refractivity contribution in [3.63, 3.8) is 0 Å². The van der Waals surface area contributed by atoms with Gasteiger partial charge in [0.05, 0.1) is 11.1 Å². The lowest BCUT2D eigenvalue weighted by Gasteiger charge is -2.08. The van der Waals surface area contributed by atoms with E-state index >= 15 is 0 Å². The molecule has 1 N–H and O–H groups in total.